The van der Waals surface area contributed by atoms with Crippen LogP contribution in [0, 0.1) is 0 Å². The fourth-order valence-corrected chi connectivity index (χ4v) is 3.14. The zero-order chi connectivity index (χ0) is 18.9. The van der Waals surface area contributed by atoms with Crippen LogP contribution in [0.3, 0.4) is 0 Å². The zero-order valence-corrected chi connectivity index (χ0v) is 15.5. The van der Waals surface area contributed by atoms with E-state index in [-0.39, 0.29) is 11.8 Å². The van der Waals surface area contributed by atoms with Gasteiger partial charge in [-0.3, -0.25) is 9.59 Å². The molecule has 0 bridgehead atoms. The van der Waals surface area contributed by atoms with E-state index in [0.717, 1.165) is 42.9 Å². The number of rotatable bonds is 7. The van der Waals surface area contributed by atoms with Crippen molar-refractivity contribution in [2.45, 2.75) is 38.6 Å². The maximum atomic E-state index is 12.1. The molecule has 0 aliphatic carbocycles. The molecule has 142 valence electrons. The molecule has 5 nitrogen and oxygen atoms in total. The lowest BCUT2D eigenvalue weighted by Gasteiger charge is -2.20. The second-order valence-corrected chi connectivity index (χ2v) is 6.78. The monoisotopic (exact) mass is 366 g/mol. The molecule has 2 amide bonds. The molecule has 0 atom stereocenters. The van der Waals surface area contributed by atoms with Gasteiger partial charge in [0.05, 0.1) is 0 Å². The second-order valence-electron chi connectivity index (χ2n) is 6.78. The number of amides is 2. The third-order valence-electron chi connectivity index (χ3n) is 4.65. The van der Waals surface area contributed by atoms with Crippen LogP contribution >= 0.6 is 0 Å². The van der Waals surface area contributed by atoms with Gasteiger partial charge in [-0.1, -0.05) is 36.8 Å². The van der Waals surface area contributed by atoms with Gasteiger partial charge in [-0.05, 0) is 42.7 Å². The van der Waals surface area contributed by atoms with Gasteiger partial charge in [0.1, 0.15) is 11.5 Å². The third kappa shape index (κ3) is 6.13. The van der Waals surface area contributed by atoms with Crippen molar-refractivity contribution in [1.29, 1.82) is 0 Å². The van der Waals surface area contributed by atoms with E-state index in [1.54, 1.807) is 0 Å². The molecule has 3 rings (SSSR count). The highest BCUT2D eigenvalue weighted by molar-refractivity contribution is 5.79. The second kappa shape index (κ2) is 9.76. The molecule has 1 heterocycles. The van der Waals surface area contributed by atoms with Gasteiger partial charge < -0.3 is 15.0 Å². The lowest BCUT2D eigenvalue weighted by atomic mass is 10.2. The lowest BCUT2D eigenvalue weighted by molar-refractivity contribution is -0.131. The van der Waals surface area contributed by atoms with Crippen LogP contribution in [0.2, 0.25) is 0 Å². The molecular weight excluding hydrogens is 340 g/mol. The topological polar surface area (TPSA) is 58.6 Å². The van der Waals surface area contributed by atoms with E-state index >= 15 is 0 Å². The fraction of sp³-hybridized carbons (Fsp3) is 0.364. The molecule has 0 saturated carbocycles. The highest BCUT2D eigenvalue weighted by Crippen LogP contribution is 2.21. The molecule has 1 aliphatic rings. The number of hydrogen-bond donors (Lipinski definition) is 1. The van der Waals surface area contributed by atoms with Crippen molar-refractivity contribution < 1.29 is 14.3 Å². The lowest BCUT2D eigenvalue weighted by Crippen LogP contribution is -2.34. The molecule has 1 aliphatic heterocycles. The van der Waals surface area contributed by atoms with E-state index in [2.05, 4.69) is 5.32 Å². The SMILES string of the molecule is O=C(CCN1CCCCCC1=O)NCc1cccc(Oc2ccccc2)c1. The Balaban J connectivity index is 1.46. The predicted molar refractivity (Wildman–Crippen MR) is 104 cm³/mol. The van der Waals surface area contributed by atoms with Crippen molar-refractivity contribution in [3.05, 3.63) is 60.2 Å². The summed E-state index contributed by atoms with van der Waals surface area (Å²) in [6.07, 6.45) is 4.03. The number of nitrogens with zero attached hydrogens (tertiary/aromatic N) is 1. The first-order valence-corrected chi connectivity index (χ1v) is 9.57. The molecular formula is C22H26N2O3. The molecule has 0 radical (unpaired) electrons. The van der Waals surface area contributed by atoms with Gasteiger partial charge in [0.2, 0.25) is 11.8 Å². The average molecular weight is 366 g/mol. The third-order valence-corrected chi connectivity index (χ3v) is 4.65. The van der Waals surface area contributed by atoms with Crippen LogP contribution in [-0.2, 0) is 16.1 Å². The summed E-state index contributed by atoms with van der Waals surface area (Å²) in [4.78, 5) is 25.9. The first kappa shape index (κ1) is 19.0. The molecule has 2 aromatic rings. The van der Waals surface area contributed by atoms with Crippen LogP contribution in [0.15, 0.2) is 54.6 Å². The van der Waals surface area contributed by atoms with Gasteiger partial charge in [0.15, 0.2) is 0 Å². The number of benzene rings is 2. The van der Waals surface area contributed by atoms with E-state index in [9.17, 15) is 9.59 Å². The Bertz CT molecular complexity index is 761. The van der Waals surface area contributed by atoms with Crippen LogP contribution < -0.4 is 10.1 Å². The standard InChI is InChI=1S/C22H26N2O3/c25-21(13-15-24-14-6-2-5-12-22(24)26)23-17-18-8-7-11-20(16-18)27-19-9-3-1-4-10-19/h1,3-4,7-11,16H,2,5-6,12-15,17H2,(H,23,25). The van der Waals surface area contributed by atoms with Gasteiger partial charge in [0, 0.05) is 32.5 Å². The maximum absolute atomic E-state index is 12.1. The van der Waals surface area contributed by atoms with E-state index in [0.29, 0.717) is 25.9 Å². The summed E-state index contributed by atoms with van der Waals surface area (Å²) in [6.45, 7) is 1.71. The average Bonchev–Trinajstić information content (AvgIpc) is 2.90. The van der Waals surface area contributed by atoms with Gasteiger partial charge in [0.25, 0.3) is 0 Å². The molecule has 27 heavy (non-hydrogen) atoms. The van der Waals surface area contributed by atoms with Crippen LogP contribution in [-0.4, -0.2) is 29.8 Å². The van der Waals surface area contributed by atoms with Gasteiger partial charge in [-0.15, -0.1) is 0 Å². The zero-order valence-electron chi connectivity index (χ0n) is 15.5. The summed E-state index contributed by atoms with van der Waals surface area (Å²) in [7, 11) is 0. The smallest absolute Gasteiger partial charge is 0.222 e. The number of likely N-dealkylation sites (tertiary alicyclic amines) is 1. The van der Waals surface area contributed by atoms with E-state index < -0.39 is 0 Å². The summed E-state index contributed by atoms with van der Waals surface area (Å²) in [5.74, 6) is 1.65. The summed E-state index contributed by atoms with van der Waals surface area (Å²) in [6, 6.07) is 17.3. The minimum Gasteiger partial charge on any atom is -0.457 e. The van der Waals surface area contributed by atoms with Crippen LogP contribution in [0.25, 0.3) is 0 Å². The molecule has 1 N–H and O–H groups in total. The van der Waals surface area contributed by atoms with Crippen molar-refractivity contribution >= 4 is 11.8 Å². The Morgan fingerprint density at radius 1 is 1.00 bits per heavy atom. The van der Waals surface area contributed by atoms with Crippen molar-refractivity contribution in [1.82, 2.24) is 10.2 Å². The van der Waals surface area contributed by atoms with Gasteiger partial charge in [-0.25, -0.2) is 0 Å². The van der Waals surface area contributed by atoms with E-state index in [4.69, 9.17) is 4.74 Å². The number of para-hydroxylation sites is 1. The first-order chi connectivity index (χ1) is 13.2. The molecule has 2 aromatic carbocycles. The Hall–Kier alpha value is -2.82. The Morgan fingerprint density at radius 2 is 1.81 bits per heavy atom. The first-order valence-electron chi connectivity index (χ1n) is 9.57. The molecule has 0 spiro atoms. The summed E-state index contributed by atoms with van der Waals surface area (Å²) in [5.41, 5.74) is 0.975. The summed E-state index contributed by atoms with van der Waals surface area (Å²) < 4.78 is 5.82. The quantitative estimate of drug-likeness (QED) is 0.809. The predicted octanol–water partition coefficient (Wildman–Crippen LogP) is 3.89. The fourth-order valence-electron chi connectivity index (χ4n) is 3.14. The van der Waals surface area contributed by atoms with Crippen molar-refractivity contribution in [2.24, 2.45) is 0 Å². The van der Waals surface area contributed by atoms with Crippen molar-refractivity contribution in [3.63, 3.8) is 0 Å². The summed E-state index contributed by atoms with van der Waals surface area (Å²) >= 11 is 0. The number of carbonyl (C=O) groups excluding carboxylic acids is 2. The number of nitrogens with one attached hydrogen (secondary N) is 1. The van der Waals surface area contributed by atoms with Crippen LogP contribution in [0.5, 0.6) is 11.5 Å². The van der Waals surface area contributed by atoms with Gasteiger partial charge >= 0.3 is 0 Å². The molecule has 0 aromatic heterocycles. The number of hydrogen-bond acceptors (Lipinski definition) is 3. The summed E-state index contributed by atoms with van der Waals surface area (Å²) in [5, 5.41) is 2.93. The molecule has 0 unspecified atom stereocenters. The molecule has 1 saturated heterocycles. The maximum Gasteiger partial charge on any atom is 0.222 e. The largest absolute Gasteiger partial charge is 0.457 e. The van der Waals surface area contributed by atoms with Crippen molar-refractivity contribution in [3.8, 4) is 11.5 Å². The Labute approximate surface area is 160 Å². The minimum atomic E-state index is -0.0403. The highest BCUT2D eigenvalue weighted by Gasteiger charge is 2.17. The normalized spacial score (nSPS) is 14.5. The van der Waals surface area contributed by atoms with Crippen molar-refractivity contribution in [2.75, 3.05) is 13.1 Å². The van der Waals surface area contributed by atoms with Crippen LogP contribution in [0.1, 0.15) is 37.7 Å². The molecule has 1 fully saturated rings. The van der Waals surface area contributed by atoms with E-state index in [1.165, 1.54) is 0 Å². The number of ether oxygens (including phenoxy) is 1. The number of carbonyl (C=O) groups is 2. The van der Waals surface area contributed by atoms with Crippen LogP contribution in [0.4, 0.5) is 0 Å². The minimum absolute atomic E-state index is 0.0403. The van der Waals surface area contributed by atoms with E-state index in [1.807, 2.05) is 59.5 Å². The Kier molecular flexibility index (Phi) is 6.85. The highest BCUT2D eigenvalue weighted by atomic mass is 16.5. The Morgan fingerprint density at radius 3 is 2.67 bits per heavy atom. The molecule has 5 heteroatoms. The van der Waals surface area contributed by atoms with Gasteiger partial charge in [-0.2, -0.15) is 0 Å².